The normalized spacial score (nSPS) is 10.7. The van der Waals surface area contributed by atoms with E-state index in [9.17, 15) is 4.79 Å². The number of methoxy groups -OCH3 is 1. The van der Waals surface area contributed by atoms with Gasteiger partial charge in [-0.15, -0.1) is 0 Å². The minimum Gasteiger partial charge on any atom is -0.384 e. The van der Waals surface area contributed by atoms with Gasteiger partial charge in [-0.05, 0) is 13.8 Å². The fraction of sp³-hybridized carbons (Fsp3) is 0.600. The van der Waals surface area contributed by atoms with Gasteiger partial charge < -0.3 is 10.1 Å². The van der Waals surface area contributed by atoms with Crippen LogP contribution in [-0.2, 0) is 9.53 Å². The van der Waals surface area contributed by atoms with Gasteiger partial charge in [0.2, 0.25) is 5.91 Å². The summed E-state index contributed by atoms with van der Waals surface area (Å²) >= 11 is 0. The lowest BCUT2D eigenvalue weighted by molar-refractivity contribution is -0.117. The highest BCUT2D eigenvalue weighted by Gasteiger charge is 2.08. The summed E-state index contributed by atoms with van der Waals surface area (Å²) in [5.74, 6) is 0.672. The van der Waals surface area contributed by atoms with Gasteiger partial charge in [-0.25, -0.2) is 4.68 Å². The molecule has 0 fully saturated rings. The molecule has 1 amide bonds. The van der Waals surface area contributed by atoms with Gasteiger partial charge in [-0.2, -0.15) is 5.10 Å². The average Bonchev–Trinajstić information content (AvgIpc) is 2.62. The first-order valence-electron chi connectivity index (χ1n) is 4.97. The molecular formula is C10H17N3O2. The molecule has 0 bridgehead atoms. The summed E-state index contributed by atoms with van der Waals surface area (Å²) in [4.78, 5) is 11.4. The monoisotopic (exact) mass is 211 g/mol. The van der Waals surface area contributed by atoms with E-state index < -0.39 is 0 Å². The third-order valence-electron chi connectivity index (χ3n) is 1.96. The highest BCUT2D eigenvalue weighted by atomic mass is 16.5. The Morgan fingerprint density at radius 1 is 1.67 bits per heavy atom. The van der Waals surface area contributed by atoms with Gasteiger partial charge >= 0.3 is 0 Å². The van der Waals surface area contributed by atoms with Crippen LogP contribution in [0.3, 0.4) is 0 Å². The van der Waals surface area contributed by atoms with Gasteiger partial charge in [0.25, 0.3) is 0 Å². The largest absolute Gasteiger partial charge is 0.384 e. The molecular weight excluding hydrogens is 194 g/mol. The molecule has 5 heteroatoms. The van der Waals surface area contributed by atoms with Gasteiger partial charge in [0.1, 0.15) is 5.82 Å². The molecule has 1 rings (SSSR count). The Bertz CT molecular complexity index is 320. The van der Waals surface area contributed by atoms with Crippen molar-refractivity contribution in [2.24, 2.45) is 0 Å². The van der Waals surface area contributed by atoms with E-state index in [1.807, 2.05) is 13.8 Å². The molecule has 84 valence electrons. The number of rotatable bonds is 5. The van der Waals surface area contributed by atoms with Crippen molar-refractivity contribution in [3.8, 4) is 0 Å². The fourth-order valence-corrected chi connectivity index (χ4v) is 1.22. The number of nitrogens with zero attached hydrogens (tertiary/aromatic N) is 2. The first kappa shape index (κ1) is 11.7. The second-order valence-corrected chi connectivity index (χ2v) is 3.55. The first-order valence-corrected chi connectivity index (χ1v) is 4.97. The highest BCUT2D eigenvalue weighted by Crippen LogP contribution is 2.12. The SMILES string of the molecule is COCCC(=O)Nc1ccnn1C(C)C. The van der Waals surface area contributed by atoms with Crippen LogP contribution >= 0.6 is 0 Å². The predicted octanol–water partition coefficient (Wildman–Crippen LogP) is 1.44. The second kappa shape index (κ2) is 5.50. The number of anilines is 1. The van der Waals surface area contributed by atoms with Crippen LogP contribution in [0.2, 0.25) is 0 Å². The van der Waals surface area contributed by atoms with Crippen LogP contribution in [0.5, 0.6) is 0 Å². The summed E-state index contributed by atoms with van der Waals surface area (Å²) in [6.07, 6.45) is 2.03. The number of nitrogens with one attached hydrogen (secondary N) is 1. The Labute approximate surface area is 89.4 Å². The molecule has 1 aromatic heterocycles. The standard InChI is InChI=1S/C10H17N3O2/c1-8(2)13-9(4-6-11-13)12-10(14)5-7-15-3/h4,6,8H,5,7H2,1-3H3,(H,12,14). The molecule has 0 unspecified atom stereocenters. The molecule has 0 saturated carbocycles. The van der Waals surface area contributed by atoms with Crippen molar-refractivity contribution in [2.75, 3.05) is 19.0 Å². The van der Waals surface area contributed by atoms with Gasteiger partial charge in [-0.3, -0.25) is 4.79 Å². The van der Waals surface area contributed by atoms with Crippen LogP contribution < -0.4 is 5.32 Å². The number of hydrogen-bond donors (Lipinski definition) is 1. The summed E-state index contributed by atoms with van der Waals surface area (Å²) < 4.78 is 6.59. The van der Waals surface area contributed by atoms with Crippen LogP contribution in [0, 0.1) is 0 Å². The molecule has 0 aromatic carbocycles. The first-order chi connectivity index (χ1) is 7.15. The van der Waals surface area contributed by atoms with Crippen molar-refractivity contribution < 1.29 is 9.53 Å². The minimum atomic E-state index is -0.0562. The second-order valence-electron chi connectivity index (χ2n) is 3.55. The maximum absolute atomic E-state index is 11.4. The van der Waals surface area contributed by atoms with E-state index in [2.05, 4.69) is 10.4 Å². The maximum Gasteiger partial charge on any atom is 0.227 e. The molecule has 0 radical (unpaired) electrons. The van der Waals surface area contributed by atoms with Crippen LogP contribution in [0.15, 0.2) is 12.3 Å². The van der Waals surface area contributed by atoms with E-state index in [-0.39, 0.29) is 11.9 Å². The van der Waals surface area contributed by atoms with Gasteiger partial charge in [0.15, 0.2) is 0 Å². The van der Waals surface area contributed by atoms with Crippen LogP contribution in [0.25, 0.3) is 0 Å². The van der Waals surface area contributed by atoms with Crippen molar-refractivity contribution in [3.05, 3.63) is 12.3 Å². The third-order valence-corrected chi connectivity index (χ3v) is 1.96. The summed E-state index contributed by atoms with van der Waals surface area (Å²) in [7, 11) is 1.58. The molecule has 0 aliphatic heterocycles. The maximum atomic E-state index is 11.4. The number of amides is 1. The lowest BCUT2D eigenvalue weighted by Gasteiger charge is -2.11. The lowest BCUT2D eigenvalue weighted by atomic mass is 10.4. The van der Waals surface area contributed by atoms with Gasteiger partial charge in [0.05, 0.1) is 19.2 Å². The average molecular weight is 211 g/mol. The number of hydrogen-bond acceptors (Lipinski definition) is 3. The van der Waals surface area contributed by atoms with E-state index in [1.165, 1.54) is 0 Å². The van der Waals surface area contributed by atoms with E-state index in [0.29, 0.717) is 13.0 Å². The number of ether oxygens (including phenoxy) is 1. The molecule has 0 atom stereocenters. The zero-order valence-electron chi connectivity index (χ0n) is 9.36. The Kier molecular flexibility index (Phi) is 4.30. The Morgan fingerprint density at radius 2 is 2.40 bits per heavy atom. The van der Waals surface area contributed by atoms with E-state index in [0.717, 1.165) is 5.82 Å². The molecule has 1 heterocycles. The summed E-state index contributed by atoms with van der Waals surface area (Å²) in [6.45, 7) is 4.46. The van der Waals surface area contributed by atoms with Crippen LogP contribution in [0.4, 0.5) is 5.82 Å². The van der Waals surface area contributed by atoms with Gasteiger partial charge in [0, 0.05) is 19.2 Å². The quantitative estimate of drug-likeness (QED) is 0.801. The summed E-state index contributed by atoms with van der Waals surface area (Å²) in [6, 6.07) is 2.02. The molecule has 1 N–H and O–H groups in total. The Hall–Kier alpha value is -1.36. The molecule has 0 aliphatic rings. The smallest absolute Gasteiger partial charge is 0.227 e. The predicted molar refractivity (Wildman–Crippen MR) is 57.7 cm³/mol. The Balaban J connectivity index is 2.56. The molecule has 0 saturated heterocycles. The van der Waals surface area contributed by atoms with E-state index in [4.69, 9.17) is 4.74 Å². The van der Waals surface area contributed by atoms with Crippen LogP contribution in [0.1, 0.15) is 26.3 Å². The highest BCUT2D eigenvalue weighted by molar-refractivity contribution is 5.89. The minimum absolute atomic E-state index is 0.0562. The van der Waals surface area contributed by atoms with Crippen molar-refractivity contribution in [1.29, 1.82) is 0 Å². The van der Waals surface area contributed by atoms with E-state index >= 15 is 0 Å². The third kappa shape index (κ3) is 3.36. The van der Waals surface area contributed by atoms with E-state index in [1.54, 1.807) is 24.1 Å². The van der Waals surface area contributed by atoms with Crippen molar-refractivity contribution in [3.63, 3.8) is 0 Å². The summed E-state index contributed by atoms with van der Waals surface area (Å²) in [5, 5.41) is 6.91. The molecule has 15 heavy (non-hydrogen) atoms. The topological polar surface area (TPSA) is 56.1 Å². The Morgan fingerprint density at radius 3 is 3.00 bits per heavy atom. The fourth-order valence-electron chi connectivity index (χ4n) is 1.22. The van der Waals surface area contributed by atoms with Crippen molar-refractivity contribution >= 4 is 11.7 Å². The molecule has 1 aromatic rings. The summed E-state index contributed by atoms with van der Waals surface area (Å²) in [5.41, 5.74) is 0. The lowest BCUT2D eigenvalue weighted by Crippen LogP contribution is -2.17. The van der Waals surface area contributed by atoms with Crippen LogP contribution in [-0.4, -0.2) is 29.4 Å². The van der Waals surface area contributed by atoms with Crippen molar-refractivity contribution in [1.82, 2.24) is 9.78 Å². The molecule has 5 nitrogen and oxygen atoms in total. The number of carbonyl (C=O) groups excluding carboxylic acids is 1. The van der Waals surface area contributed by atoms with Crippen molar-refractivity contribution in [2.45, 2.75) is 26.3 Å². The molecule has 0 aliphatic carbocycles. The van der Waals surface area contributed by atoms with Gasteiger partial charge in [-0.1, -0.05) is 0 Å². The zero-order valence-corrected chi connectivity index (χ0v) is 9.36. The zero-order chi connectivity index (χ0) is 11.3. The molecule has 0 spiro atoms. The number of carbonyl (C=O) groups is 1. The number of aromatic nitrogens is 2.